The normalized spacial score (nSPS) is 15.4. The number of nitrogens with zero attached hydrogens (tertiary/aromatic N) is 1. The molecule has 2 rings (SSSR count). The van der Waals surface area contributed by atoms with Gasteiger partial charge in [-0.05, 0) is 26.2 Å². The van der Waals surface area contributed by atoms with Crippen LogP contribution in [0.1, 0.15) is 52.8 Å². The number of ether oxygens (including phenoxy) is 1. The first-order valence-electron chi connectivity index (χ1n) is 5.43. The van der Waals surface area contributed by atoms with Crippen LogP contribution >= 0.6 is 0 Å². The fourth-order valence-corrected chi connectivity index (χ4v) is 1.82. The summed E-state index contributed by atoms with van der Waals surface area (Å²) in [6, 6.07) is 0. The Morgan fingerprint density at radius 2 is 2.19 bits per heavy atom. The summed E-state index contributed by atoms with van der Waals surface area (Å²) >= 11 is 0. The van der Waals surface area contributed by atoms with Crippen molar-refractivity contribution in [3.8, 4) is 0 Å². The fraction of sp³-hybridized carbons (Fsp3) is 0.545. The van der Waals surface area contributed by atoms with Gasteiger partial charge in [0.15, 0.2) is 11.5 Å². The van der Waals surface area contributed by atoms with E-state index < -0.39 is 5.97 Å². The van der Waals surface area contributed by atoms with Crippen LogP contribution < -0.4 is 0 Å². The van der Waals surface area contributed by atoms with E-state index >= 15 is 0 Å². The van der Waals surface area contributed by atoms with Crippen molar-refractivity contribution in [1.29, 1.82) is 0 Å². The SMILES string of the molecule is CCOC(=O)c1onc2c1CCCCC2=O. The van der Waals surface area contributed by atoms with Crippen molar-refractivity contribution in [2.45, 2.75) is 32.6 Å². The molecule has 1 aromatic rings. The summed E-state index contributed by atoms with van der Waals surface area (Å²) in [5.74, 6) is -0.496. The quantitative estimate of drug-likeness (QED) is 0.564. The molecule has 0 N–H and O–H groups in total. The molecule has 0 spiro atoms. The van der Waals surface area contributed by atoms with Crippen LogP contribution in [0.2, 0.25) is 0 Å². The number of hydrogen-bond acceptors (Lipinski definition) is 5. The Morgan fingerprint density at radius 3 is 2.94 bits per heavy atom. The second-order valence-electron chi connectivity index (χ2n) is 3.69. The van der Waals surface area contributed by atoms with Crippen LogP contribution in [0.15, 0.2) is 4.52 Å². The van der Waals surface area contributed by atoms with Gasteiger partial charge in [-0.2, -0.15) is 0 Å². The van der Waals surface area contributed by atoms with Crippen LogP contribution in [0.3, 0.4) is 0 Å². The maximum absolute atomic E-state index is 11.6. The van der Waals surface area contributed by atoms with Crippen molar-refractivity contribution < 1.29 is 18.8 Å². The molecule has 5 nitrogen and oxygen atoms in total. The van der Waals surface area contributed by atoms with Crippen LogP contribution in [0, 0.1) is 0 Å². The van der Waals surface area contributed by atoms with Gasteiger partial charge in [-0.3, -0.25) is 4.79 Å². The fourth-order valence-electron chi connectivity index (χ4n) is 1.82. The zero-order valence-corrected chi connectivity index (χ0v) is 9.12. The van der Waals surface area contributed by atoms with Gasteiger partial charge in [0.1, 0.15) is 0 Å². The Balaban J connectivity index is 2.35. The summed E-state index contributed by atoms with van der Waals surface area (Å²) < 4.78 is 9.76. The lowest BCUT2D eigenvalue weighted by Gasteiger charge is -1.99. The largest absolute Gasteiger partial charge is 0.460 e. The Bertz CT molecular complexity index is 422. The lowest BCUT2D eigenvalue weighted by molar-refractivity contribution is 0.0477. The minimum absolute atomic E-state index is 0.0493. The average molecular weight is 223 g/mol. The second-order valence-corrected chi connectivity index (χ2v) is 3.69. The average Bonchev–Trinajstić information content (AvgIpc) is 2.60. The Morgan fingerprint density at radius 1 is 1.44 bits per heavy atom. The smallest absolute Gasteiger partial charge is 0.377 e. The minimum atomic E-state index is -0.536. The van der Waals surface area contributed by atoms with Crippen molar-refractivity contribution >= 4 is 11.8 Å². The molecule has 0 unspecified atom stereocenters. The number of carbonyl (C=O) groups excluding carboxylic acids is 2. The Labute approximate surface area is 92.7 Å². The summed E-state index contributed by atoms with van der Waals surface area (Å²) in [4.78, 5) is 23.2. The lowest BCUT2D eigenvalue weighted by Crippen LogP contribution is -2.07. The summed E-state index contributed by atoms with van der Waals surface area (Å²) in [5.41, 5.74) is 0.918. The third-order valence-corrected chi connectivity index (χ3v) is 2.59. The molecule has 16 heavy (non-hydrogen) atoms. The van der Waals surface area contributed by atoms with Gasteiger partial charge < -0.3 is 9.26 Å². The summed E-state index contributed by atoms with van der Waals surface area (Å²) in [5, 5.41) is 3.68. The van der Waals surface area contributed by atoms with Crippen LogP contribution in [0.25, 0.3) is 0 Å². The summed E-state index contributed by atoms with van der Waals surface area (Å²) in [6.45, 7) is 2.00. The lowest BCUT2D eigenvalue weighted by atomic mass is 10.1. The standard InChI is InChI=1S/C11H13NO4/c1-2-15-11(14)10-7-5-3-4-6-8(13)9(7)12-16-10/h2-6H2,1H3. The van der Waals surface area contributed by atoms with Gasteiger partial charge in [0.2, 0.25) is 5.76 Å². The molecule has 0 bridgehead atoms. The van der Waals surface area contributed by atoms with Gasteiger partial charge in [-0.1, -0.05) is 5.16 Å². The topological polar surface area (TPSA) is 69.4 Å². The molecule has 0 saturated heterocycles. The molecule has 0 saturated carbocycles. The van der Waals surface area contributed by atoms with E-state index in [9.17, 15) is 9.59 Å². The van der Waals surface area contributed by atoms with Crippen LogP contribution in [-0.4, -0.2) is 23.5 Å². The van der Waals surface area contributed by atoms with Crippen molar-refractivity contribution in [3.05, 3.63) is 17.0 Å². The molecule has 0 amide bonds. The number of fused-ring (bicyclic) bond motifs is 1. The van der Waals surface area contributed by atoms with Gasteiger partial charge in [-0.15, -0.1) is 0 Å². The van der Waals surface area contributed by atoms with Gasteiger partial charge >= 0.3 is 5.97 Å². The Kier molecular flexibility index (Phi) is 3.03. The molecule has 0 aromatic carbocycles. The monoisotopic (exact) mass is 223 g/mol. The van der Waals surface area contributed by atoms with E-state index in [1.807, 2.05) is 0 Å². The molecular weight excluding hydrogens is 210 g/mol. The van der Waals surface area contributed by atoms with E-state index in [0.717, 1.165) is 12.8 Å². The summed E-state index contributed by atoms with van der Waals surface area (Å²) in [6.07, 6.45) is 2.82. The highest BCUT2D eigenvalue weighted by Crippen LogP contribution is 2.23. The number of rotatable bonds is 2. The molecular formula is C11H13NO4. The number of hydrogen-bond donors (Lipinski definition) is 0. The highest BCUT2D eigenvalue weighted by molar-refractivity contribution is 5.99. The minimum Gasteiger partial charge on any atom is -0.460 e. The van der Waals surface area contributed by atoms with E-state index in [1.54, 1.807) is 6.92 Å². The molecule has 0 radical (unpaired) electrons. The Hall–Kier alpha value is -1.65. The molecule has 1 aliphatic carbocycles. The van der Waals surface area contributed by atoms with Crippen molar-refractivity contribution in [3.63, 3.8) is 0 Å². The van der Waals surface area contributed by atoms with Crippen molar-refractivity contribution in [2.75, 3.05) is 6.61 Å². The zero-order chi connectivity index (χ0) is 11.5. The van der Waals surface area contributed by atoms with Crippen LogP contribution in [0.5, 0.6) is 0 Å². The summed E-state index contributed by atoms with van der Waals surface area (Å²) in [7, 11) is 0. The van der Waals surface area contributed by atoms with Gasteiger partial charge in [0.05, 0.1) is 6.61 Å². The third kappa shape index (κ3) is 1.85. The molecule has 1 aliphatic rings. The predicted octanol–water partition coefficient (Wildman–Crippen LogP) is 1.76. The third-order valence-electron chi connectivity index (χ3n) is 2.59. The van der Waals surface area contributed by atoms with Crippen molar-refractivity contribution in [2.24, 2.45) is 0 Å². The van der Waals surface area contributed by atoms with E-state index in [1.165, 1.54) is 0 Å². The highest BCUT2D eigenvalue weighted by atomic mass is 16.6. The first kappa shape index (κ1) is 10.9. The highest BCUT2D eigenvalue weighted by Gasteiger charge is 2.28. The molecule has 1 heterocycles. The van der Waals surface area contributed by atoms with E-state index in [2.05, 4.69) is 5.16 Å². The predicted molar refractivity (Wildman–Crippen MR) is 54.3 cm³/mol. The first-order chi connectivity index (χ1) is 7.74. The maximum atomic E-state index is 11.6. The van der Waals surface area contributed by atoms with Gasteiger partial charge in [-0.25, -0.2) is 4.79 Å². The molecule has 0 fully saturated rings. The second kappa shape index (κ2) is 4.47. The van der Waals surface area contributed by atoms with E-state index in [4.69, 9.17) is 9.26 Å². The maximum Gasteiger partial charge on any atom is 0.377 e. The first-order valence-corrected chi connectivity index (χ1v) is 5.43. The molecule has 1 aromatic heterocycles. The number of carbonyl (C=O) groups is 2. The number of esters is 1. The van der Waals surface area contributed by atoms with Crippen molar-refractivity contribution in [1.82, 2.24) is 5.16 Å². The molecule has 0 aliphatic heterocycles. The van der Waals surface area contributed by atoms with E-state index in [-0.39, 0.29) is 18.2 Å². The number of aromatic nitrogens is 1. The molecule has 86 valence electrons. The van der Waals surface area contributed by atoms with Gasteiger partial charge in [0.25, 0.3) is 0 Å². The zero-order valence-electron chi connectivity index (χ0n) is 9.12. The molecule has 0 atom stereocenters. The number of ketones is 1. The molecule has 5 heteroatoms. The van der Waals surface area contributed by atoms with E-state index in [0.29, 0.717) is 24.1 Å². The number of Topliss-reactive ketones (excluding diaryl/α,β-unsaturated/α-hetero) is 1. The van der Waals surface area contributed by atoms with Crippen LogP contribution in [0.4, 0.5) is 0 Å². The van der Waals surface area contributed by atoms with Gasteiger partial charge in [0, 0.05) is 12.0 Å². The van der Waals surface area contributed by atoms with Crippen LogP contribution in [-0.2, 0) is 11.2 Å².